The Morgan fingerprint density at radius 3 is 1.11 bits per heavy atom. The van der Waals surface area contributed by atoms with Gasteiger partial charge in [-0.25, -0.2) is 0 Å². The fourth-order valence-corrected chi connectivity index (χ4v) is 5.86. The Balaban J connectivity index is 3.87. The van der Waals surface area contributed by atoms with Crippen molar-refractivity contribution in [3.8, 4) is 0 Å². The molecule has 0 spiro atoms. The van der Waals surface area contributed by atoms with Gasteiger partial charge in [-0.15, -0.1) is 0 Å². The van der Waals surface area contributed by atoms with Crippen LogP contribution in [-0.2, 0) is 9.59 Å². The molecule has 0 fully saturated rings. The van der Waals surface area contributed by atoms with Gasteiger partial charge in [-0.3, -0.25) is 9.59 Å². The van der Waals surface area contributed by atoms with Crippen LogP contribution in [0.3, 0.4) is 0 Å². The van der Waals surface area contributed by atoms with Crippen LogP contribution >= 0.6 is 0 Å². The van der Waals surface area contributed by atoms with E-state index in [1.807, 2.05) is 0 Å². The van der Waals surface area contributed by atoms with Gasteiger partial charge in [0.05, 0.1) is 6.61 Å². The van der Waals surface area contributed by atoms with Gasteiger partial charge in [-0.05, 0) is 12.8 Å². The summed E-state index contributed by atoms with van der Waals surface area (Å²) in [5, 5.41) is 18.4. The zero-order valence-corrected chi connectivity index (χ0v) is 30.3. The average Bonchev–Trinajstić information content (AvgIpc) is 3.04. The highest BCUT2D eigenvalue weighted by atomic mass is 16.3. The molecule has 0 rings (SSSR count). The molecule has 2 amide bonds. The first-order valence-electron chi connectivity index (χ1n) is 19.7. The molecule has 0 aromatic rings. The van der Waals surface area contributed by atoms with E-state index in [0.717, 1.165) is 39.0 Å². The van der Waals surface area contributed by atoms with Crippen molar-refractivity contribution < 1.29 is 14.7 Å². The van der Waals surface area contributed by atoms with Gasteiger partial charge in [-0.2, -0.15) is 0 Å². The lowest BCUT2D eigenvalue weighted by atomic mass is 10.1. The third-order valence-corrected chi connectivity index (χ3v) is 8.91. The summed E-state index contributed by atoms with van der Waals surface area (Å²) in [5.74, 6) is 0.200. The molecule has 0 atom stereocenters. The summed E-state index contributed by atoms with van der Waals surface area (Å²) in [5.41, 5.74) is 0. The molecule has 268 valence electrons. The van der Waals surface area contributed by atoms with E-state index in [1.165, 1.54) is 141 Å². The lowest BCUT2D eigenvalue weighted by Gasteiger charge is -2.22. The van der Waals surface area contributed by atoms with Crippen molar-refractivity contribution in [3.05, 3.63) is 0 Å². The molecular weight excluding hydrogens is 560 g/mol. The van der Waals surface area contributed by atoms with Crippen molar-refractivity contribution in [3.63, 3.8) is 0 Å². The van der Waals surface area contributed by atoms with Crippen molar-refractivity contribution in [2.24, 2.45) is 0 Å². The van der Waals surface area contributed by atoms with Crippen LogP contribution in [-0.4, -0.2) is 74.2 Å². The van der Waals surface area contributed by atoms with Gasteiger partial charge in [-0.1, -0.05) is 155 Å². The first-order chi connectivity index (χ1) is 22.1. The van der Waals surface area contributed by atoms with Crippen LogP contribution in [0.15, 0.2) is 0 Å². The van der Waals surface area contributed by atoms with Gasteiger partial charge in [0.25, 0.3) is 0 Å². The molecule has 7 heteroatoms. The molecule has 0 aliphatic carbocycles. The molecular formula is C38H78N4O3. The zero-order valence-electron chi connectivity index (χ0n) is 30.3. The third kappa shape index (κ3) is 35.5. The first-order valence-corrected chi connectivity index (χ1v) is 19.7. The van der Waals surface area contributed by atoms with E-state index in [0.29, 0.717) is 32.5 Å². The smallest absolute Gasteiger partial charge is 0.221 e. The van der Waals surface area contributed by atoms with E-state index < -0.39 is 0 Å². The Morgan fingerprint density at radius 2 is 0.778 bits per heavy atom. The maximum Gasteiger partial charge on any atom is 0.221 e. The van der Waals surface area contributed by atoms with E-state index in [9.17, 15) is 9.59 Å². The molecule has 0 saturated carbocycles. The highest BCUT2D eigenvalue weighted by Crippen LogP contribution is 2.13. The molecule has 0 aliphatic rings. The van der Waals surface area contributed by atoms with Crippen LogP contribution in [0.2, 0.25) is 0 Å². The number of nitrogens with one attached hydrogen (secondary N) is 3. The number of carbonyl (C=O) groups is 2. The maximum absolute atomic E-state index is 12.4. The quantitative estimate of drug-likeness (QED) is 0.0514. The number of nitrogens with zero attached hydrogens (tertiary/aromatic N) is 1. The lowest BCUT2D eigenvalue weighted by Crippen LogP contribution is -2.38. The minimum absolute atomic E-state index is 0.0998. The SMILES string of the molecule is CCCCCCCCCCCCCCNC(=O)CCN(CCNCCO)CCC(=O)NCCCCCCCCCCCCCC. The molecule has 0 radical (unpaired) electrons. The molecule has 0 aliphatic heterocycles. The molecule has 0 aromatic heterocycles. The van der Waals surface area contributed by atoms with E-state index >= 15 is 0 Å². The van der Waals surface area contributed by atoms with Crippen LogP contribution in [0, 0.1) is 0 Å². The Bertz CT molecular complexity index is 574. The summed E-state index contributed by atoms with van der Waals surface area (Å²) in [6, 6.07) is 0. The number of amides is 2. The van der Waals surface area contributed by atoms with Gasteiger partial charge in [0.15, 0.2) is 0 Å². The molecule has 7 nitrogen and oxygen atoms in total. The predicted octanol–water partition coefficient (Wildman–Crippen LogP) is 8.29. The second kappa shape index (κ2) is 37.3. The largest absolute Gasteiger partial charge is 0.395 e. The highest BCUT2D eigenvalue weighted by Gasteiger charge is 2.11. The maximum atomic E-state index is 12.4. The minimum atomic E-state index is 0.0998. The second-order valence-electron chi connectivity index (χ2n) is 13.3. The van der Waals surface area contributed by atoms with Crippen molar-refractivity contribution in [2.75, 3.05) is 52.4 Å². The molecule has 0 heterocycles. The van der Waals surface area contributed by atoms with Crippen LogP contribution in [0.4, 0.5) is 0 Å². The number of aliphatic hydroxyl groups is 1. The minimum Gasteiger partial charge on any atom is -0.395 e. The average molecular weight is 639 g/mol. The predicted molar refractivity (Wildman–Crippen MR) is 194 cm³/mol. The summed E-state index contributed by atoms with van der Waals surface area (Å²) < 4.78 is 0. The number of hydrogen-bond donors (Lipinski definition) is 4. The van der Waals surface area contributed by atoms with Crippen LogP contribution < -0.4 is 16.0 Å². The molecule has 0 aromatic carbocycles. The van der Waals surface area contributed by atoms with Crippen molar-refractivity contribution >= 4 is 11.8 Å². The fourth-order valence-electron chi connectivity index (χ4n) is 5.86. The number of unbranched alkanes of at least 4 members (excludes halogenated alkanes) is 22. The Kier molecular flexibility index (Phi) is 36.3. The van der Waals surface area contributed by atoms with E-state index in [-0.39, 0.29) is 18.4 Å². The summed E-state index contributed by atoms with van der Waals surface area (Å²) in [4.78, 5) is 27.1. The van der Waals surface area contributed by atoms with Gasteiger partial charge < -0.3 is 26.0 Å². The Labute approximate surface area is 280 Å². The summed E-state index contributed by atoms with van der Waals surface area (Å²) in [6.07, 6.45) is 32.6. The van der Waals surface area contributed by atoms with Gasteiger partial charge >= 0.3 is 0 Å². The normalized spacial score (nSPS) is 11.4. The summed E-state index contributed by atoms with van der Waals surface area (Å²) >= 11 is 0. The first kappa shape index (κ1) is 43.8. The van der Waals surface area contributed by atoms with Crippen LogP contribution in [0.5, 0.6) is 0 Å². The topological polar surface area (TPSA) is 93.7 Å². The van der Waals surface area contributed by atoms with E-state index in [1.54, 1.807) is 0 Å². The molecule has 4 N–H and O–H groups in total. The fraction of sp³-hybridized carbons (Fsp3) is 0.947. The second-order valence-corrected chi connectivity index (χ2v) is 13.3. The monoisotopic (exact) mass is 639 g/mol. The number of rotatable bonds is 37. The van der Waals surface area contributed by atoms with Gasteiger partial charge in [0.1, 0.15) is 0 Å². The van der Waals surface area contributed by atoms with Crippen molar-refractivity contribution in [1.29, 1.82) is 0 Å². The molecule has 0 unspecified atom stereocenters. The number of aliphatic hydroxyl groups excluding tert-OH is 1. The van der Waals surface area contributed by atoms with Gasteiger partial charge in [0, 0.05) is 58.7 Å². The molecule has 45 heavy (non-hydrogen) atoms. The van der Waals surface area contributed by atoms with Crippen molar-refractivity contribution in [1.82, 2.24) is 20.9 Å². The van der Waals surface area contributed by atoms with Crippen LogP contribution in [0.1, 0.15) is 181 Å². The third-order valence-electron chi connectivity index (χ3n) is 8.91. The number of hydrogen-bond acceptors (Lipinski definition) is 5. The molecule has 0 bridgehead atoms. The molecule has 0 saturated heterocycles. The van der Waals surface area contributed by atoms with Crippen LogP contribution in [0.25, 0.3) is 0 Å². The number of carbonyl (C=O) groups excluding carboxylic acids is 2. The lowest BCUT2D eigenvalue weighted by molar-refractivity contribution is -0.121. The Hall–Kier alpha value is -1.18. The van der Waals surface area contributed by atoms with Gasteiger partial charge in [0.2, 0.25) is 11.8 Å². The zero-order chi connectivity index (χ0) is 32.9. The van der Waals surface area contributed by atoms with E-state index in [2.05, 4.69) is 34.7 Å². The summed E-state index contributed by atoms with van der Waals surface area (Å²) in [7, 11) is 0. The standard InChI is InChI=1S/C38H78N4O3/c1-3-5-7-9-11-13-15-17-19-21-23-25-29-40-37(44)27-33-42(35-31-39-32-36-43)34-28-38(45)41-30-26-24-22-20-18-16-14-12-10-8-6-4-2/h39,43H,3-36H2,1-2H3,(H,40,44)(H,41,45). The van der Waals surface area contributed by atoms with Crippen molar-refractivity contribution in [2.45, 2.75) is 181 Å². The van der Waals surface area contributed by atoms with E-state index in [4.69, 9.17) is 5.11 Å². The Morgan fingerprint density at radius 1 is 0.444 bits per heavy atom. The highest BCUT2D eigenvalue weighted by molar-refractivity contribution is 5.76. The summed E-state index contributed by atoms with van der Waals surface area (Å²) in [6.45, 7) is 9.54.